The quantitative estimate of drug-likeness (QED) is 0.818. The van der Waals surface area contributed by atoms with Crippen LogP contribution in [0, 0.1) is 11.8 Å². The summed E-state index contributed by atoms with van der Waals surface area (Å²) >= 11 is 0. The summed E-state index contributed by atoms with van der Waals surface area (Å²) in [6, 6.07) is 7.72. The highest BCUT2D eigenvalue weighted by atomic mass is 32.2. The Hall–Kier alpha value is -1.55. The molecule has 0 aliphatic rings. The van der Waals surface area contributed by atoms with Crippen LogP contribution < -0.4 is 9.62 Å². The fourth-order valence-corrected chi connectivity index (χ4v) is 1.88. The van der Waals surface area contributed by atoms with Crippen LogP contribution in [0.15, 0.2) is 24.3 Å². The van der Waals surface area contributed by atoms with Crippen LogP contribution in [-0.2, 0) is 10.2 Å². The topological polar surface area (TPSA) is 52.7 Å². The predicted molar refractivity (Wildman–Crippen MR) is 78.3 cm³/mol. The van der Waals surface area contributed by atoms with Gasteiger partial charge < -0.3 is 4.90 Å². The Morgan fingerprint density at radius 1 is 1.16 bits per heavy atom. The maximum absolute atomic E-state index is 11.5. The molecule has 1 aromatic carbocycles. The minimum absolute atomic E-state index is 0.0856. The predicted octanol–water partition coefficient (Wildman–Crippen LogP) is 0.500. The molecule has 0 fully saturated rings. The van der Waals surface area contributed by atoms with Crippen molar-refractivity contribution in [3.63, 3.8) is 0 Å². The van der Waals surface area contributed by atoms with E-state index >= 15 is 0 Å². The Balaban J connectivity index is 2.75. The van der Waals surface area contributed by atoms with Crippen LogP contribution in [0.1, 0.15) is 5.56 Å². The van der Waals surface area contributed by atoms with Crippen molar-refractivity contribution in [2.45, 2.75) is 0 Å². The average Bonchev–Trinajstić information content (AvgIpc) is 2.34. The molecule has 1 rings (SSSR count). The van der Waals surface area contributed by atoms with Gasteiger partial charge in [-0.15, -0.1) is 0 Å². The molecule has 0 bridgehead atoms. The first-order valence-electron chi connectivity index (χ1n) is 5.77. The van der Waals surface area contributed by atoms with E-state index in [0.29, 0.717) is 0 Å². The maximum Gasteiger partial charge on any atom is 0.279 e. The molecule has 1 aromatic rings. The lowest BCUT2D eigenvalue weighted by Gasteiger charge is -2.14. The van der Waals surface area contributed by atoms with Gasteiger partial charge in [-0.2, -0.15) is 17.4 Å². The third kappa shape index (κ3) is 4.56. The van der Waals surface area contributed by atoms with E-state index in [1.165, 1.54) is 14.1 Å². The fourth-order valence-electron chi connectivity index (χ4n) is 1.37. The molecule has 0 unspecified atom stereocenters. The highest BCUT2D eigenvalue weighted by Crippen LogP contribution is 2.16. The van der Waals surface area contributed by atoms with Crippen LogP contribution in [-0.4, -0.2) is 47.5 Å². The minimum atomic E-state index is -3.41. The smallest absolute Gasteiger partial charge is 0.279 e. The molecular weight excluding hydrogens is 262 g/mol. The highest BCUT2D eigenvalue weighted by Gasteiger charge is 2.10. The van der Waals surface area contributed by atoms with E-state index in [2.05, 4.69) is 16.6 Å². The Labute approximate surface area is 115 Å². The maximum atomic E-state index is 11.5. The van der Waals surface area contributed by atoms with Gasteiger partial charge in [0.25, 0.3) is 10.2 Å². The molecule has 19 heavy (non-hydrogen) atoms. The zero-order valence-electron chi connectivity index (χ0n) is 11.6. The molecule has 0 spiro atoms. The number of nitrogens with zero attached hydrogens (tertiary/aromatic N) is 2. The van der Waals surface area contributed by atoms with Gasteiger partial charge in [0.1, 0.15) is 0 Å². The first-order valence-corrected chi connectivity index (χ1v) is 7.21. The van der Waals surface area contributed by atoms with Crippen molar-refractivity contribution in [2.24, 2.45) is 0 Å². The lowest BCUT2D eigenvalue weighted by molar-refractivity contribution is 0.509. The van der Waals surface area contributed by atoms with Gasteiger partial charge in [-0.3, -0.25) is 0 Å². The summed E-state index contributed by atoms with van der Waals surface area (Å²) in [6.07, 6.45) is 0. The van der Waals surface area contributed by atoms with E-state index in [9.17, 15) is 8.42 Å². The van der Waals surface area contributed by atoms with E-state index in [1.807, 2.05) is 43.3 Å². The van der Waals surface area contributed by atoms with Gasteiger partial charge in [0.2, 0.25) is 0 Å². The van der Waals surface area contributed by atoms with Crippen LogP contribution >= 0.6 is 0 Å². The number of para-hydroxylation sites is 1. The molecule has 0 saturated heterocycles. The summed E-state index contributed by atoms with van der Waals surface area (Å²) in [5, 5.41) is 0. The van der Waals surface area contributed by atoms with Crippen molar-refractivity contribution in [3.8, 4) is 11.8 Å². The number of hydrogen-bond donors (Lipinski definition) is 1. The van der Waals surface area contributed by atoms with Crippen molar-refractivity contribution in [1.82, 2.24) is 9.03 Å². The Morgan fingerprint density at radius 2 is 1.79 bits per heavy atom. The van der Waals surface area contributed by atoms with Crippen LogP contribution in [0.4, 0.5) is 5.69 Å². The van der Waals surface area contributed by atoms with E-state index in [4.69, 9.17) is 0 Å². The van der Waals surface area contributed by atoms with E-state index < -0.39 is 10.2 Å². The zero-order chi connectivity index (χ0) is 14.5. The first-order chi connectivity index (χ1) is 8.84. The van der Waals surface area contributed by atoms with Gasteiger partial charge in [0, 0.05) is 33.8 Å². The van der Waals surface area contributed by atoms with Gasteiger partial charge in [-0.25, -0.2) is 0 Å². The van der Waals surface area contributed by atoms with Crippen molar-refractivity contribution >= 4 is 15.9 Å². The second kappa shape index (κ2) is 6.57. The molecule has 0 amide bonds. The van der Waals surface area contributed by atoms with Gasteiger partial charge in [-0.05, 0) is 12.1 Å². The monoisotopic (exact) mass is 281 g/mol. The lowest BCUT2D eigenvalue weighted by atomic mass is 10.1. The summed E-state index contributed by atoms with van der Waals surface area (Å²) in [4.78, 5) is 1.97. The van der Waals surface area contributed by atoms with Crippen LogP contribution in [0.3, 0.4) is 0 Å². The molecule has 0 saturated carbocycles. The summed E-state index contributed by atoms with van der Waals surface area (Å²) in [6.45, 7) is 0.0856. The van der Waals surface area contributed by atoms with Crippen molar-refractivity contribution in [3.05, 3.63) is 29.8 Å². The number of nitrogens with one attached hydrogen (secondary N) is 1. The molecular formula is C13H19N3O2S. The molecule has 0 aliphatic heterocycles. The third-order valence-electron chi connectivity index (χ3n) is 2.43. The molecule has 5 nitrogen and oxygen atoms in total. The molecule has 0 radical (unpaired) electrons. The fraction of sp³-hybridized carbons (Fsp3) is 0.385. The zero-order valence-corrected chi connectivity index (χ0v) is 12.5. The molecule has 0 heterocycles. The molecule has 0 aliphatic carbocycles. The van der Waals surface area contributed by atoms with Crippen molar-refractivity contribution in [1.29, 1.82) is 0 Å². The van der Waals surface area contributed by atoms with Gasteiger partial charge >= 0.3 is 0 Å². The molecule has 0 aromatic heterocycles. The Kier molecular flexibility index (Phi) is 5.36. The summed E-state index contributed by atoms with van der Waals surface area (Å²) in [5.74, 6) is 5.78. The standard InChI is InChI=1S/C13H19N3O2S/c1-15(2)13-10-6-5-8-12(13)9-7-11-14-19(17,18)16(3)4/h5-6,8,10,14H,11H2,1-4H3. The van der Waals surface area contributed by atoms with Crippen LogP contribution in [0.5, 0.6) is 0 Å². The summed E-state index contributed by atoms with van der Waals surface area (Å²) in [5.41, 5.74) is 1.88. The highest BCUT2D eigenvalue weighted by molar-refractivity contribution is 7.87. The normalized spacial score (nSPS) is 11.0. The molecule has 0 atom stereocenters. The molecule has 1 N–H and O–H groups in total. The number of hydrogen-bond acceptors (Lipinski definition) is 3. The second-order valence-corrected chi connectivity index (χ2v) is 6.29. The number of rotatable bonds is 4. The Morgan fingerprint density at radius 3 is 2.37 bits per heavy atom. The largest absolute Gasteiger partial charge is 0.377 e. The SMILES string of the molecule is CN(C)c1ccccc1C#CCNS(=O)(=O)N(C)C. The van der Waals surface area contributed by atoms with Gasteiger partial charge in [0.05, 0.1) is 12.2 Å². The van der Waals surface area contributed by atoms with Crippen LogP contribution in [0.2, 0.25) is 0 Å². The first kappa shape index (κ1) is 15.5. The van der Waals surface area contributed by atoms with E-state index in [-0.39, 0.29) is 6.54 Å². The molecule has 6 heteroatoms. The van der Waals surface area contributed by atoms with Crippen molar-refractivity contribution < 1.29 is 8.42 Å². The van der Waals surface area contributed by atoms with E-state index in [1.54, 1.807) is 0 Å². The summed E-state index contributed by atoms with van der Waals surface area (Å²) in [7, 11) is 3.41. The number of benzene rings is 1. The second-order valence-electron chi connectivity index (χ2n) is 4.32. The van der Waals surface area contributed by atoms with Gasteiger partial charge in [-0.1, -0.05) is 24.0 Å². The minimum Gasteiger partial charge on any atom is -0.377 e. The van der Waals surface area contributed by atoms with Gasteiger partial charge in [0.15, 0.2) is 0 Å². The van der Waals surface area contributed by atoms with Crippen LogP contribution in [0.25, 0.3) is 0 Å². The van der Waals surface area contributed by atoms with E-state index in [0.717, 1.165) is 15.6 Å². The Bertz CT molecular complexity index is 583. The average molecular weight is 281 g/mol. The number of anilines is 1. The lowest BCUT2D eigenvalue weighted by Crippen LogP contribution is -2.35. The summed E-state index contributed by atoms with van der Waals surface area (Å²) < 4.78 is 26.4. The van der Waals surface area contributed by atoms with Crippen molar-refractivity contribution in [2.75, 3.05) is 39.6 Å². The third-order valence-corrected chi connectivity index (χ3v) is 3.90. The molecule has 104 valence electrons.